The molecular formula is C15H18N2O2S. The summed E-state index contributed by atoms with van der Waals surface area (Å²) in [6, 6.07) is 5.94. The second-order valence-electron chi connectivity index (χ2n) is 4.85. The molecule has 0 saturated carbocycles. The van der Waals surface area contributed by atoms with Crippen LogP contribution in [-0.2, 0) is 16.3 Å². The van der Waals surface area contributed by atoms with Crippen molar-refractivity contribution in [2.75, 3.05) is 0 Å². The van der Waals surface area contributed by atoms with E-state index in [0.717, 1.165) is 5.69 Å². The van der Waals surface area contributed by atoms with Crippen LogP contribution < -0.4 is 0 Å². The molecular weight excluding hydrogens is 272 g/mol. The molecule has 20 heavy (non-hydrogen) atoms. The van der Waals surface area contributed by atoms with Gasteiger partial charge in [-0.1, -0.05) is 19.9 Å². The first-order valence-corrected chi connectivity index (χ1v) is 7.42. The highest BCUT2D eigenvalue weighted by Gasteiger charge is 2.07. The summed E-state index contributed by atoms with van der Waals surface area (Å²) in [6.45, 7) is 4.14. The van der Waals surface area contributed by atoms with Crippen molar-refractivity contribution in [2.45, 2.75) is 27.0 Å². The lowest BCUT2D eigenvalue weighted by Crippen LogP contribution is -2.13. The largest absolute Gasteiger partial charge is 0.442 e. The maximum absolute atomic E-state index is 11.5. The number of thiophene rings is 1. The fourth-order valence-electron chi connectivity index (χ4n) is 1.67. The summed E-state index contributed by atoms with van der Waals surface area (Å²) in [7, 11) is 0. The Hall–Kier alpha value is -1.88. The minimum absolute atomic E-state index is 0.155. The van der Waals surface area contributed by atoms with Gasteiger partial charge in [-0.2, -0.15) is 5.10 Å². The van der Waals surface area contributed by atoms with Crippen molar-refractivity contribution >= 4 is 29.5 Å². The van der Waals surface area contributed by atoms with Crippen molar-refractivity contribution < 1.29 is 9.53 Å². The number of carbonyl (C=O) groups excluding carboxylic acids is 1. The van der Waals surface area contributed by atoms with Crippen molar-refractivity contribution in [3.63, 3.8) is 0 Å². The predicted molar refractivity (Wildman–Crippen MR) is 81.0 cm³/mol. The standard InChI is InChI=1S/C15H18N2O2S/c1-12(2)10-15(18)19-11-17-13(7-8-16-17)5-6-14-4-3-9-20-14/h3-9,12H,10-11H2,1-2H3/b6-5+. The van der Waals surface area contributed by atoms with E-state index in [2.05, 4.69) is 5.10 Å². The van der Waals surface area contributed by atoms with E-state index in [4.69, 9.17) is 4.74 Å². The molecule has 0 atom stereocenters. The van der Waals surface area contributed by atoms with Gasteiger partial charge in [-0.3, -0.25) is 4.79 Å². The maximum atomic E-state index is 11.5. The van der Waals surface area contributed by atoms with E-state index in [1.54, 1.807) is 22.2 Å². The predicted octanol–water partition coefficient (Wildman–Crippen LogP) is 3.66. The maximum Gasteiger partial charge on any atom is 0.307 e. The van der Waals surface area contributed by atoms with Crippen LogP contribution >= 0.6 is 11.3 Å². The van der Waals surface area contributed by atoms with Gasteiger partial charge < -0.3 is 4.74 Å². The number of carbonyl (C=O) groups is 1. The molecule has 0 spiro atoms. The molecule has 0 unspecified atom stereocenters. The lowest BCUT2D eigenvalue weighted by molar-refractivity contribution is -0.148. The number of esters is 1. The van der Waals surface area contributed by atoms with Crippen LogP contribution in [0.4, 0.5) is 0 Å². The second kappa shape index (κ2) is 7.05. The summed E-state index contributed by atoms with van der Waals surface area (Å²) < 4.78 is 6.87. The number of aromatic nitrogens is 2. The van der Waals surface area contributed by atoms with Gasteiger partial charge in [-0.25, -0.2) is 4.68 Å². The minimum atomic E-state index is -0.191. The summed E-state index contributed by atoms with van der Waals surface area (Å²) in [5.74, 6) is 0.113. The van der Waals surface area contributed by atoms with Gasteiger partial charge in [0.25, 0.3) is 0 Å². The average molecular weight is 290 g/mol. The first kappa shape index (κ1) is 14.5. The Kier molecular flexibility index (Phi) is 5.12. The van der Waals surface area contributed by atoms with Gasteiger partial charge in [0.1, 0.15) is 0 Å². The molecule has 0 fully saturated rings. The SMILES string of the molecule is CC(C)CC(=O)OCn1nccc1/C=C/c1cccs1. The van der Waals surface area contributed by atoms with Crippen LogP contribution in [0.25, 0.3) is 12.2 Å². The van der Waals surface area contributed by atoms with Crippen molar-refractivity contribution in [1.29, 1.82) is 0 Å². The first-order valence-electron chi connectivity index (χ1n) is 6.54. The van der Waals surface area contributed by atoms with Gasteiger partial charge in [0, 0.05) is 17.5 Å². The molecule has 0 aliphatic rings. The molecule has 5 heteroatoms. The molecule has 0 radical (unpaired) electrons. The van der Waals surface area contributed by atoms with Gasteiger partial charge in [-0.05, 0) is 35.6 Å². The summed E-state index contributed by atoms with van der Waals surface area (Å²) in [5.41, 5.74) is 0.913. The smallest absolute Gasteiger partial charge is 0.307 e. The van der Waals surface area contributed by atoms with Crippen LogP contribution in [0.1, 0.15) is 30.8 Å². The van der Waals surface area contributed by atoms with Crippen LogP contribution in [0.15, 0.2) is 29.8 Å². The van der Waals surface area contributed by atoms with Crippen molar-refractivity contribution in [2.24, 2.45) is 5.92 Å². The topological polar surface area (TPSA) is 44.1 Å². The molecule has 0 bridgehead atoms. The number of ether oxygens (including phenoxy) is 1. The Morgan fingerprint density at radius 3 is 3.00 bits per heavy atom. The molecule has 2 rings (SSSR count). The Morgan fingerprint density at radius 2 is 2.30 bits per heavy atom. The molecule has 2 aromatic heterocycles. The molecule has 0 aromatic carbocycles. The van der Waals surface area contributed by atoms with E-state index in [9.17, 15) is 4.79 Å². The summed E-state index contributed by atoms with van der Waals surface area (Å²) in [5, 5.41) is 6.19. The zero-order valence-corrected chi connectivity index (χ0v) is 12.5. The molecule has 0 aliphatic heterocycles. The highest BCUT2D eigenvalue weighted by atomic mass is 32.1. The second-order valence-corrected chi connectivity index (χ2v) is 5.83. The molecule has 0 amide bonds. The lowest BCUT2D eigenvalue weighted by Gasteiger charge is -2.08. The highest BCUT2D eigenvalue weighted by Crippen LogP contribution is 2.13. The third kappa shape index (κ3) is 4.35. The van der Waals surface area contributed by atoms with Crippen LogP contribution in [0.3, 0.4) is 0 Å². The number of rotatable bonds is 6. The third-order valence-electron chi connectivity index (χ3n) is 2.63. The Balaban J connectivity index is 1.93. The lowest BCUT2D eigenvalue weighted by atomic mass is 10.1. The Morgan fingerprint density at radius 1 is 1.45 bits per heavy atom. The normalized spacial score (nSPS) is 11.3. The Labute approximate surface area is 122 Å². The monoisotopic (exact) mass is 290 g/mol. The van der Waals surface area contributed by atoms with Gasteiger partial charge in [0.05, 0.1) is 5.69 Å². The van der Waals surface area contributed by atoms with Crippen LogP contribution in [0.2, 0.25) is 0 Å². The molecule has 4 nitrogen and oxygen atoms in total. The molecule has 0 aliphatic carbocycles. The van der Waals surface area contributed by atoms with E-state index in [-0.39, 0.29) is 12.7 Å². The molecule has 2 heterocycles. The number of hydrogen-bond donors (Lipinski definition) is 0. The van der Waals surface area contributed by atoms with Gasteiger partial charge in [0.15, 0.2) is 6.73 Å². The van der Waals surface area contributed by atoms with E-state index in [1.165, 1.54) is 4.88 Å². The fourth-order valence-corrected chi connectivity index (χ4v) is 2.29. The van der Waals surface area contributed by atoms with Crippen LogP contribution in [0, 0.1) is 5.92 Å². The zero-order chi connectivity index (χ0) is 14.4. The van der Waals surface area contributed by atoms with E-state index >= 15 is 0 Å². The van der Waals surface area contributed by atoms with Crippen molar-refractivity contribution in [3.8, 4) is 0 Å². The Bertz CT molecular complexity index is 570. The quantitative estimate of drug-likeness (QED) is 0.763. The summed E-state index contributed by atoms with van der Waals surface area (Å²) in [4.78, 5) is 12.7. The minimum Gasteiger partial charge on any atom is -0.442 e. The molecule has 106 valence electrons. The van der Waals surface area contributed by atoms with Crippen LogP contribution in [-0.4, -0.2) is 15.7 Å². The average Bonchev–Trinajstić information content (AvgIpc) is 3.04. The van der Waals surface area contributed by atoms with Gasteiger partial charge in [0.2, 0.25) is 0 Å². The number of nitrogens with zero attached hydrogens (tertiary/aromatic N) is 2. The zero-order valence-electron chi connectivity index (χ0n) is 11.7. The summed E-state index contributed by atoms with van der Waals surface area (Å²) in [6.07, 6.45) is 6.12. The third-order valence-corrected chi connectivity index (χ3v) is 3.47. The first-order chi connectivity index (χ1) is 9.65. The molecule has 2 aromatic rings. The van der Waals surface area contributed by atoms with Crippen molar-refractivity contribution in [1.82, 2.24) is 9.78 Å². The van der Waals surface area contributed by atoms with E-state index in [1.807, 2.05) is 49.6 Å². The van der Waals surface area contributed by atoms with Crippen molar-refractivity contribution in [3.05, 3.63) is 40.3 Å². The summed E-state index contributed by atoms with van der Waals surface area (Å²) >= 11 is 1.67. The highest BCUT2D eigenvalue weighted by molar-refractivity contribution is 7.10. The van der Waals surface area contributed by atoms with Gasteiger partial charge in [-0.15, -0.1) is 11.3 Å². The van der Waals surface area contributed by atoms with E-state index < -0.39 is 0 Å². The number of hydrogen-bond acceptors (Lipinski definition) is 4. The fraction of sp³-hybridized carbons (Fsp3) is 0.333. The molecule has 0 N–H and O–H groups in total. The van der Waals surface area contributed by atoms with Crippen LogP contribution in [0.5, 0.6) is 0 Å². The molecule has 0 saturated heterocycles. The van der Waals surface area contributed by atoms with Gasteiger partial charge >= 0.3 is 5.97 Å². The van der Waals surface area contributed by atoms with E-state index in [0.29, 0.717) is 12.3 Å².